The fourth-order valence-corrected chi connectivity index (χ4v) is 0. The van der Waals surface area contributed by atoms with Crippen molar-refractivity contribution in [3.05, 3.63) is 0 Å². The van der Waals surface area contributed by atoms with E-state index in [-0.39, 0.29) is 118 Å². The van der Waals surface area contributed by atoms with Crippen LogP contribution in [0.3, 0.4) is 0 Å². The van der Waals surface area contributed by atoms with E-state index in [4.69, 9.17) is 53.5 Å². The summed E-state index contributed by atoms with van der Waals surface area (Å²) in [5.41, 5.74) is 0. The van der Waals surface area contributed by atoms with Crippen LogP contribution in [0.1, 0.15) is 2.85 Å². The molecule has 0 atom stereocenters. The first-order valence-corrected chi connectivity index (χ1v) is 5.35. The smallest absolute Gasteiger partial charge is 1.00 e. The summed E-state index contributed by atoms with van der Waals surface area (Å²) in [6, 6.07) is 0. The van der Waals surface area contributed by atoms with Crippen LogP contribution in [0.2, 0.25) is 0 Å². The van der Waals surface area contributed by atoms with Crippen molar-refractivity contribution in [1.82, 2.24) is 12.3 Å². The van der Waals surface area contributed by atoms with Crippen molar-refractivity contribution in [2.24, 2.45) is 0 Å². The van der Waals surface area contributed by atoms with Crippen LogP contribution in [0.15, 0.2) is 0 Å². The maximum Gasteiger partial charge on any atom is 1.00 e. The Morgan fingerprint density at radius 3 is 0.722 bits per heavy atom. The first-order chi connectivity index (χ1) is 5.73. The van der Waals surface area contributed by atoms with Gasteiger partial charge in [0.25, 0.3) is 0 Å². The van der Waals surface area contributed by atoms with E-state index in [9.17, 15) is 0 Å². The zero-order chi connectivity index (χ0) is 12.6. The molecule has 0 bridgehead atoms. The van der Waals surface area contributed by atoms with E-state index in [1.807, 2.05) is 0 Å². The van der Waals surface area contributed by atoms with Gasteiger partial charge in [-0.2, -0.15) is 0 Å². The van der Waals surface area contributed by atoms with Crippen molar-refractivity contribution in [2.75, 3.05) is 0 Å². The molecule has 14 N–H and O–H groups in total. The van der Waals surface area contributed by atoms with Crippen LogP contribution >= 0.6 is 15.6 Å². The molecule has 0 amide bonds. The van der Waals surface area contributed by atoms with Gasteiger partial charge in [0.05, 0.1) is 0 Å². The summed E-state index contributed by atoms with van der Waals surface area (Å²) < 4.78 is 17.8. The van der Waals surface area contributed by atoms with Crippen molar-refractivity contribution < 1.29 is 159 Å². The van der Waals surface area contributed by atoms with E-state index < -0.39 is 21.8 Å². The second kappa shape index (κ2) is 22.0. The predicted octanol–water partition coefficient (Wildman–Crippen LogP) is -7.08. The molecule has 0 radical (unpaired) electrons. The third-order valence-electron chi connectivity index (χ3n) is 0. The van der Waals surface area contributed by atoms with Gasteiger partial charge >= 0.3 is 125 Å². The van der Waals surface area contributed by atoms with Crippen molar-refractivity contribution in [3.63, 3.8) is 0 Å². The van der Waals surface area contributed by atoms with Crippen LogP contribution in [-0.4, -0.2) is 45.7 Å². The van der Waals surface area contributed by atoms with Gasteiger partial charge < -0.3 is 54.7 Å². The minimum atomic E-state index is -4.64. The number of carbonyl (C=O) groups is 1. The number of hydrogen-bond donors (Lipinski definition) is 10. The van der Waals surface area contributed by atoms with E-state index in [0.29, 0.717) is 0 Å². The molecule has 18 heavy (non-hydrogen) atoms. The third kappa shape index (κ3) is 812. The van der Waals surface area contributed by atoms with Gasteiger partial charge in [0.15, 0.2) is 0 Å². The molecule has 0 saturated heterocycles. The van der Waals surface area contributed by atoms with Crippen LogP contribution in [-0.2, 0) is 9.13 Å². The molecule has 0 unspecified atom stereocenters. The zero-order valence-corrected chi connectivity index (χ0v) is 17.6. The molecule has 108 valence electrons. The predicted molar refractivity (Wildman–Crippen MR) is 51.4 cm³/mol. The van der Waals surface area contributed by atoms with Crippen LogP contribution in [0.25, 0.3) is 0 Å². The quantitative estimate of drug-likeness (QED) is 0.140. The zero-order valence-electron chi connectivity index (χ0n) is 11.6. The fourth-order valence-electron chi connectivity index (χ4n) is 0. The Kier molecular flexibility index (Phi) is 52.2. The molecule has 0 aromatic rings. The molecule has 0 aliphatic heterocycles. The summed E-state index contributed by atoms with van der Waals surface area (Å²) in [6.07, 6.45) is -1.83. The average molecular weight is 372 g/mol. The molecule has 0 rings (SSSR count). The monoisotopic (exact) mass is 372 g/mol. The van der Waals surface area contributed by atoms with Crippen molar-refractivity contribution in [2.45, 2.75) is 0 Å². The Hall–Kier alpha value is 2.68. The largest absolute Gasteiger partial charge is 1.00 e. The Morgan fingerprint density at radius 1 is 0.722 bits per heavy atom. The first-order valence-electron chi connectivity index (χ1n) is 2.22. The van der Waals surface area contributed by atoms with Crippen LogP contribution in [0.4, 0.5) is 4.79 Å². The van der Waals surface area contributed by atoms with Crippen LogP contribution < -0.4 is 115 Å². The molecule has 0 heterocycles. The number of hydrogen-bond acceptors (Lipinski definition) is 5. The Labute approximate surface area is 189 Å². The molecular weight excluding hydrogens is 356 g/mol. The molecule has 0 aliphatic carbocycles. The van der Waals surface area contributed by atoms with Gasteiger partial charge in [0, 0.05) is 0 Å². The third-order valence-corrected chi connectivity index (χ3v) is 0. The number of carboxylic acid groups (broad SMARTS) is 2. The van der Waals surface area contributed by atoms with Gasteiger partial charge in [-0.05, 0) is 0 Å². The molecule has 0 saturated carbocycles. The van der Waals surface area contributed by atoms with E-state index in [1.165, 1.54) is 0 Å². The van der Waals surface area contributed by atoms with E-state index >= 15 is 0 Å². The topological polar surface area (TPSA) is 283 Å². The molecule has 0 aliphatic rings. The Morgan fingerprint density at radius 2 is 0.722 bits per heavy atom. The van der Waals surface area contributed by atoms with Gasteiger partial charge in [-0.1, -0.05) is 0 Å². The average Bonchev–Trinajstić information content (AvgIpc) is 1.45. The minimum Gasteiger partial charge on any atom is -1.00 e. The SMILES string of the molecule is N.N.O=C(O)O.O=P(O)(O)O.O=P(O)(O)O.[H-].[H-].[K+].[K+]. The van der Waals surface area contributed by atoms with Gasteiger partial charge in [-0.15, -0.1) is 0 Å². The van der Waals surface area contributed by atoms with Gasteiger partial charge in [-0.3, -0.25) is 0 Å². The van der Waals surface area contributed by atoms with Gasteiger partial charge in [0.1, 0.15) is 0 Å². The van der Waals surface area contributed by atoms with Crippen molar-refractivity contribution in [1.29, 1.82) is 0 Å². The maximum absolute atomic E-state index is 8.88. The first kappa shape index (κ1) is 42.8. The number of rotatable bonds is 0. The fraction of sp³-hybridized carbons (Fsp3) is 0. The Balaban J connectivity index is -0.0000000113. The molecular formula is CH16K2N2O11P2. The summed E-state index contributed by atoms with van der Waals surface area (Å²) in [5.74, 6) is 0. The second-order valence-electron chi connectivity index (χ2n) is 1.31. The van der Waals surface area contributed by atoms with Crippen molar-refractivity contribution in [3.8, 4) is 0 Å². The Bertz CT molecular complexity index is 216. The van der Waals surface area contributed by atoms with E-state index in [1.54, 1.807) is 0 Å². The summed E-state index contributed by atoms with van der Waals surface area (Å²) in [6.45, 7) is 0. The summed E-state index contributed by atoms with van der Waals surface area (Å²) >= 11 is 0. The molecule has 0 aromatic carbocycles. The maximum atomic E-state index is 8.88. The van der Waals surface area contributed by atoms with Crippen LogP contribution in [0, 0.1) is 0 Å². The normalized spacial score (nSPS) is 7.89. The molecule has 0 aromatic heterocycles. The molecule has 0 fully saturated rings. The van der Waals surface area contributed by atoms with Gasteiger partial charge in [-0.25, -0.2) is 13.9 Å². The summed E-state index contributed by atoms with van der Waals surface area (Å²) in [4.78, 5) is 51.7. The molecule has 13 nitrogen and oxygen atoms in total. The minimum absolute atomic E-state index is 0. The standard InChI is InChI=1S/CH2O3.2K.2H3N.2H3O4P.2H/c2-1(3)4;;;;;2*1-5(2,3)4;;/h(H2,2,3,4);;;2*1H3;2*(H3,1,2,3,4);;/q;2*+1;;;;;2*-1. The van der Waals surface area contributed by atoms with Crippen LogP contribution in [0.5, 0.6) is 0 Å². The molecule has 0 spiro atoms. The second-order valence-corrected chi connectivity index (χ2v) is 3.36. The summed E-state index contributed by atoms with van der Waals surface area (Å²) in [5, 5.41) is 13.9. The molecule has 17 heteroatoms. The van der Waals surface area contributed by atoms with Crippen molar-refractivity contribution >= 4 is 21.8 Å². The van der Waals surface area contributed by atoms with Gasteiger partial charge in [0.2, 0.25) is 0 Å². The number of phosphoric acid groups is 2. The summed E-state index contributed by atoms with van der Waals surface area (Å²) in [7, 11) is -9.28. The van der Waals surface area contributed by atoms with E-state index in [0.717, 1.165) is 0 Å². The van der Waals surface area contributed by atoms with E-state index in [2.05, 4.69) is 0 Å².